The van der Waals surface area contributed by atoms with E-state index in [4.69, 9.17) is 9.72 Å². The fraction of sp³-hybridized carbons (Fsp3) is 0.368. The molecule has 4 aromatic rings. The summed E-state index contributed by atoms with van der Waals surface area (Å²) in [7, 11) is 1.76. The molecule has 9 nitrogen and oxygen atoms in total. The molecule has 4 aromatic heterocycles. The first-order valence-corrected chi connectivity index (χ1v) is 9.34. The average Bonchev–Trinajstić information content (AvgIpc) is 3.25. The Bertz CT molecular complexity index is 1230. The van der Waals surface area contributed by atoms with Gasteiger partial charge in [0, 0.05) is 44.9 Å². The van der Waals surface area contributed by atoms with Crippen LogP contribution in [0.4, 0.5) is 11.6 Å². The van der Waals surface area contributed by atoms with Gasteiger partial charge in [0.1, 0.15) is 11.2 Å². The molecule has 0 amide bonds. The number of hydrogen-bond acceptors (Lipinski definition) is 6. The molecule has 5 rings (SSSR count). The van der Waals surface area contributed by atoms with Crippen molar-refractivity contribution in [2.75, 3.05) is 18.5 Å². The minimum absolute atomic E-state index is 0.0654. The number of hydrogen-bond donors (Lipinski definition) is 1. The van der Waals surface area contributed by atoms with E-state index in [-0.39, 0.29) is 11.7 Å². The van der Waals surface area contributed by atoms with Gasteiger partial charge in [0.05, 0.1) is 11.9 Å². The predicted octanol–water partition coefficient (Wildman–Crippen LogP) is 2.18. The second kappa shape index (κ2) is 6.45. The summed E-state index contributed by atoms with van der Waals surface area (Å²) in [6.07, 6.45) is 8.93. The van der Waals surface area contributed by atoms with Crippen molar-refractivity contribution in [3.05, 3.63) is 46.9 Å². The summed E-state index contributed by atoms with van der Waals surface area (Å²) in [5.74, 6) is 0.460. The molecule has 1 saturated heterocycles. The third kappa shape index (κ3) is 2.66. The molecule has 1 aliphatic heterocycles. The lowest BCUT2D eigenvalue weighted by Gasteiger charge is -2.22. The zero-order chi connectivity index (χ0) is 19.3. The van der Waals surface area contributed by atoms with E-state index in [0.29, 0.717) is 24.8 Å². The highest BCUT2D eigenvalue weighted by molar-refractivity contribution is 5.73. The van der Waals surface area contributed by atoms with Crippen LogP contribution in [0.3, 0.4) is 0 Å². The van der Waals surface area contributed by atoms with Gasteiger partial charge in [0.2, 0.25) is 5.95 Å². The first kappa shape index (κ1) is 16.9. The Labute approximate surface area is 160 Å². The zero-order valence-corrected chi connectivity index (χ0v) is 15.8. The van der Waals surface area contributed by atoms with Gasteiger partial charge < -0.3 is 14.5 Å². The maximum Gasteiger partial charge on any atom is 0.330 e. The van der Waals surface area contributed by atoms with Gasteiger partial charge in [0.25, 0.3) is 0 Å². The van der Waals surface area contributed by atoms with Crippen LogP contribution in [-0.2, 0) is 11.8 Å². The van der Waals surface area contributed by atoms with Crippen LogP contribution in [0.25, 0.3) is 16.8 Å². The summed E-state index contributed by atoms with van der Waals surface area (Å²) in [6.45, 7) is 3.33. The minimum Gasteiger partial charge on any atom is -0.381 e. The van der Waals surface area contributed by atoms with Gasteiger partial charge in [-0.15, -0.1) is 0 Å². The van der Waals surface area contributed by atoms with Crippen molar-refractivity contribution in [2.45, 2.75) is 25.8 Å². The molecule has 0 saturated carbocycles. The number of nitrogens with one attached hydrogen (secondary N) is 1. The summed E-state index contributed by atoms with van der Waals surface area (Å²) < 4.78 is 10.8. The molecule has 0 aromatic carbocycles. The second-order valence-corrected chi connectivity index (χ2v) is 7.15. The van der Waals surface area contributed by atoms with E-state index in [0.717, 1.165) is 35.3 Å². The van der Waals surface area contributed by atoms with E-state index in [1.54, 1.807) is 28.6 Å². The number of fused-ring (bicyclic) bond motifs is 2. The summed E-state index contributed by atoms with van der Waals surface area (Å²) >= 11 is 0. The molecule has 1 fully saturated rings. The summed E-state index contributed by atoms with van der Waals surface area (Å²) in [4.78, 5) is 26.2. The van der Waals surface area contributed by atoms with Crippen molar-refractivity contribution in [2.24, 2.45) is 7.05 Å². The van der Waals surface area contributed by atoms with Gasteiger partial charge in [-0.05, 0) is 31.4 Å². The van der Waals surface area contributed by atoms with Crippen LogP contribution in [-0.4, -0.2) is 41.7 Å². The van der Waals surface area contributed by atoms with E-state index in [2.05, 4.69) is 15.3 Å². The number of pyridine rings is 1. The number of nitrogens with zero attached hydrogens (tertiary/aromatic N) is 6. The number of imidazole rings is 2. The second-order valence-electron chi connectivity index (χ2n) is 7.15. The summed E-state index contributed by atoms with van der Waals surface area (Å²) in [6, 6.07) is 2.10. The standard InChI is InChI=1S/C19H21N7O2/c1-12-9-16-20-5-6-25(16)11-14(12)22-18-21-10-15-17(23-18)26(19(27)24(15)2)13-3-7-28-8-4-13/h5-6,9-11,13H,3-4,7-8H2,1-2H3,(H,21,22,23). The number of anilines is 2. The Balaban J connectivity index is 1.58. The fourth-order valence-electron chi connectivity index (χ4n) is 3.78. The lowest BCUT2D eigenvalue weighted by molar-refractivity contribution is 0.0695. The number of aromatic nitrogens is 6. The number of ether oxygens (including phenoxy) is 1. The van der Waals surface area contributed by atoms with Gasteiger partial charge in [-0.2, -0.15) is 4.98 Å². The van der Waals surface area contributed by atoms with Crippen LogP contribution < -0.4 is 11.0 Å². The monoisotopic (exact) mass is 379 g/mol. The molecule has 0 bridgehead atoms. The molecule has 144 valence electrons. The highest BCUT2D eigenvalue weighted by Crippen LogP contribution is 2.25. The van der Waals surface area contributed by atoms with E-state index >= 15 is 0 Å². The van der Waals surface area contributed by atoms with E-state index in [1.807, 2.05) is 29.8 Å². The Kier molecular flexibility index (Phi) is 3.90. The Morgan fingerprint density at radius 1 is 1.25 bits per heavy atom. The average molecular weight is 379 g/mol. The molecule has 1 aliphatic rings. The van der Waals surface area contributed by atoms with Gasteiger partial charge in [-0.3, -0.25) is 9.13 Å². The Morgan fingerprint density at radius 3 is 2.89 bits per heavy atom. The van der Waals surface area contributed by atoms with Crippen molar-refractivity contribution in [3.8, 4) is 0 Å². The molecular formula is C19H21N7O2. The van der Waals surface area contributed by atoms with Crippen molar-refractivity contribution in [3.63, 3.8) is 0 Å². The Hall–Kier alpha value is -3.20. The maximum absolute atomic E-state index is 12.8. The van der Waals surface area contributed by atoms with Crippen LogP contribution in [0.15, 0.2) is 35.6 Å². The van der Waals surface area contributed by atoms with Crippen LogP contribution in [0.1, 0.15) is 24.4 Å². The first-order valence-electron chi connectivity index (χ1n) is 9.34. The van der Waals surface area contributed by atoms with E-state index in [9.17, 15) is 4.79 Å². The molecule has 5 heterocycles. The smallest absolute Gasteiger partial charge is 0.330 e. The molecule has 0 radical (unpaired) electrons. The van der Waals surface area contributed by atoms with Gasteiger partial charge in [-0.1, -0.05) is 0 Å². The first-order chi connectivity index (χ1) is 13.6. The molecule has 0 spiro atoms. The Morgan fingerprint density at radius 2 is 2.07 bits per heavy atom. The lowest BCUT2D eigenvalue weighted by atomic mass is 10.1. The normalized spacial score (nSPS) is 15.5. The lowest BCUT2D eigenvalue weighted by Crippen LogP contribution is -2.30. The van der Waals surface area contributed by atoms with Crippen molar-refractivity contribution in [1.82, 2.24) is 28.5 Å². The fourth-order valence-corrected chi connectivity index (χ4v) is 3.78. The zero-order valence-electron chi connectivity index (χ0n) is 15.8. The third-order valence-corrected chi connectivity index (χ3v) is 5.37. The topological polar surface area (TPSA) is 91.3 Å². The van der Waals surface area contributed by atoms with Gasteiger partial charge in [-0.25, -0.2) is 14.8 Å². The van der Waals surface area contributed by atoms with Crippen molar-refractivity contribution >= 4 is 28.4 Å². The highest BCUT2D eigenvalue weighted by atomic mass is 16.5. The van der Waals surface area contributed by atoms with Gasteiger partial charge >= 0.3 is 5.69 Å². The molecule has 0 unspecified atom stereocenters. The molecule has 9 heteroatoms. The van der Waals surface area contributed by atoms with Crippen LogP contribution >= 0.6 is 0 Å². The highest BCUT2D eigenvalue weighted by Gasteiger charge is 2.23. The van der Waals surface area contributed by atoms with Crippen LogP contribution in [0.2, 0.25) is 0 Å². The van der Waals surface area contributed by atoms with Crippen molar-refractivity contribution < 1.29 is 4.74 Å². The summed E-state index contributed by atoms with van der Waals surface area (Å²) in [5, 5.41) is 3.28. The molecular weight excluding hydrogens is 358 g/mol. The number of rotatable bonds is 3. The SMILES string of the molecule is Cc1cc2nccn2cc1Nc1ncc2c(n1)n(C1CCOCC1)c(=O)n2C. The molecule has 0 aliphatic carbocycles. The third-order valence-electron chi connectivity index (χ3n) is 5.37. The van der Waals surface area contributed by atoms with Crippen LogP contribution in [0.5, 0.6) is 0 Å². The predicted molar refractivity (Wildman–Crippen MR) is 105 cm³/mol. The molecule has 0 atom stereocenters. The van der Waals surface area contributed by atoms with E-state index < -0.39 is 0 Å². The molecule has 1 N–H and O–H groups in total. The minimum atomic E-state index is -0.0654. The molecule has 28 heavy (non-hydrogen) atoms. The van der Waals surface area contributed by atoms with E-state index in [1.165, 1.54) is 0 Å². The maximum atomic E-state index is 12.8. The van der Waals surface area contributed by atoms with Crippen LogP contribution in [0, 0.1) is 6.92 Å². The summed E-state index contributed by atoms with van der Waals surface area (Å²) in [5.41, 5.74) is 4.13. The number of aryl methyl sites for hydroxylation is 2. The van der Waals surface area contributed by atoms with Gasteiger partial charge in [0.15, 0.2) is 5.65 Å². The largest absolute Gasteiger partial charge is 0.381 e. The van der Waals surface area contributed by atoms with Crippen molar-refractivity contribution in [1.29, 1.82) is 0 Å². The quantitative estimate of drug-likeness (QED) is 0.587.